The van der Waals surface area contributed by atoms with E-state index in [2.05, 4.69) is 73.3 Å². The molecule has 0 bridgehead atoms. The van der Waals surface area contributed by atoms with Gasteiger partial charge >= 0.3 is 0 Å². The first-order valence-corrected chi connectivity index (χ1v) is 13.5. The molecule has 2 aliphatic rings. The van der Waals surface area contributed by atoms with Crippen molar-refractivity contribution in [2.75, 3.05) is 24.7 Å². The summed E-state index contributed by atoms with van der Waals surface area (Å²) in [6.07, 6.45) is 2.37. The highest BCUT2D eigenvalue weighted by Crippen LogP contribution is 2.40. The number of morpholine rings is 1. The lowest BCUT2D eigenvalue weighted by atomic mass is 9.78. The van der Waals surface area contributed by atoms with Gasteiger partial charge in [-0.25, -0.2) is 4.98 Å². The van der Waals surface area contributed by atoms with E-state index in [1.165, 1.54) is 26.1 Å². The van der Waals surface area contributed by atoms with Gasteiger partial charge in [-0.15, -0.1) is 11.3 Å². The molecule has 174 valence electrons. The van der Waals surface area contributed by atoms with Gasteiger partial charge in [-0.05, 0) is 46.9 Å². The topological polar surface area (TPSA) is 42.4 Å². The molecule has 3 heterocycles. The van der Waals surface area contributed by atoms with Gasteiger partial charge < -0.3 is 9.64 Å². The average Bonchev–Trinajstić information content (AvgIpc) is 3.43. The summed E-state index contributed by atoms with van der Waals surface area (Å²) in [7, 11) is 0. The second kappa shape index (κ2) is 8.59. The molecular weight excluding hydrogens is 460 g/mol. The molecule has 0 amide bonds. The van der Waals surface area contributed by atoms with Gasteiger partial charge in [0.05, 0.1) is 29.8 Å². The third-order valence-corrected chi connectivity index (χ3v) is 9.15. The zero-order chi connectivity index (χ0) is 23.3. The number of thiazole rings is 1. The SMILES string of the molecule is CC1(C)CC(=O)c2sc(N3CCOC[C@@H]3Cc3cccc(-c4cc5ccccc5s4)c3)nc2C1. The quantitative estimate of drug-likeness (QED) is 0.323. The molecule has 6 rings (SSSR count). The molecule has 1 saturated heterocycles. The number of hydrogen-bond acceptors (Lipinski definition) is 6. The van der Waals surface area contributed by atoms with E-state index in [0.29, 0.717) is 19.6 Å². The zero-order valence-electron chi connectivity index (χ0n) is 19.5. The Morgan fingerprint density at radius 3 is 2.85 bits per heavy atom. The van der Waals surface area contributed by atoms with Crippen LogP contribution in [-0.4, -0.2) is 36.6 Å². The summed E-state index contributed by atoms with van der Waals surface area (Å²) in [4.78, 5) is 22.2. The lowest BCUT2D eigenvalue weighted by molar-refractivity contribution is 0.0915. The second-order valence-electron chi connectivity index (χ2n) is 10.2. The zero-order valence-corrected chi connectivity index (χ0v) is 21.2. The van der Waals surface area contributed by atoms with Gasteiger partial charge in [-0.1, -0.05) is 67.6 Å². The smallest absolute Gasteiger partial charge is 0.186 e. The lowest BCUT2D eigenvalue weighted by Crippen LogP contribution is -2.46. The first-order chi connectivity index (χ1) is 16.4. The highest BCUT2D eigenvalue weighted by molar-refractivity contribution is 7.22. The van der Waals surface area contributed by atoms with E-state index < -0.39 is 0 Å². The summed E-state index contributed by atoms with van der Waals surface area (Å²) in [6, 6.07) is 19.9. The minimum absolute atomic E-state index is 0.00707. The fourth-order valence-electron chi connectivity index (χ4n) is 5.15. The molecular formula is C28H28N2O2S2. The predicted octanol–water partition coefficient (Wildman–Crippen LogP) is 6.63. The first kappa shape index (κ1) is 22.0. The molecule has 1 aliphatic heterocycles. The molecule has 1 aliphatic carbocycles. The number of aromatic nitrogens is 1. The van der Waals surface area contributed by atoms with Gasteiger partial charge in [0.1, 0.15) is 0 Å². The van der Waals surface area contributed by atoms with Crippen molar-refractivity contribution in [3.8, 4) is 10.4 Å². The Morgan fingerprint density at radius 2 is 1.97 bits per heavy atom. The Kier molecular flexibility index (Phi) is 5.55. The molecule has 0 saturated carbocycles. The Morgan fingerprint density at radius 1 is 1.09 bits per heavy atom. The van der Waals surface area contributed by atoms with E-state index in [1.54, 1.807) is 11.3 Å². The van der Waals surface area contributed by atoms with E-state index in [4.69, 9.17) is 9.72 Å². The largest absolute Gasteiger partial charge is 0.377 e. The number of thiophene rings is 1. The van der Waals surface area contributed by atoms with Crippen LogP contribution in [0.4, 0.5) is 5.13 Å². The van der Waals surface area contributed by atoms with Crippen LogP contribution in [0.25, 0.3) is 20.5 Å². The Bertz CT molecular complexity index is 1340. The van der Waals surface area contributed by atoms with Crippen molar-refractivity contribution in [3.05, 3.63) is 70.7 Å². The van der Waals surface area contributed by atoms with Crippen molar-refractivity contribution in [2.45, 2.75) is 39.2 Å². The maximum absolute atomic E-state index is 12.7. The van der Waals surface area contributed by atoms with Gasteiger partial charge in [-0.2, -0.15) is 0 Å². The van der Waals surface area contributed by atoms with Gasteiger partial charge in [0.25, 0.3) is 0 Å². The van der Waals surface area contributed by atoms with Crippen molar-refractivity contribution >= 4 is 43.7 Å². The normalized spacial score (nSPS) is 20.0. The number of benzene rings is 2. The number of hydrogen-bond donors (Lipinski definition) is 0. The number of ketones is 1. The van der Waals surface area contributed by atoms with Crippen molar-refractivity contribution in [1.82, 2.24) is 4.98 Å². The van der Waals surface area contributed by atoms with E-state index >= 15 is 0 Å². The molecule has 0 unspecified atom stereocenters. The Balaban J connectivity index is 1.26. The molecule has 0 radical (unpaired) electrons. The van der Waals surface area contributed by atoms with Crippen LogP contribution >= 0.6 is 22.7 Å². The summed E-state index contributed by atoms with van der Waals surface area (Å²) >= 11 is 3.42. The van der Waals surface area contributed by atoms with E-state index in [-0.39, 0.29) is 17.2 Å². The summed E-state index contributed by atoms with van der Waals surface area (Å²) < 4.78 is 7.21. The number of carbonyl (C=O) groups excluding carboxylic acids is 1. The van der Waals surface area contributed by atoms with Crippen LogP contribution in [0.3, 0.4) is 0 Å². The third-order valence-electron chi connectivity index (χ3n) is 6.81. The minimum atomic E-state index is -0.00707. The van der Waals surface area contributed by atoms with Crippen LogP contribution in [-0.2, 0) is 17.6 Å². The molecule has 2 aromatic carbocycles. The predicted molar refractivity (Wildman–Crippen MR) is 141 cm³/mol. The van der Waals surface area contributed by atoms with Crippen molar-refractivity contribution < 1.29 is 9.53 Å². The van der Waals surface area contributed by atoms with Gasteiger partial charge in [-0.3, -0.25) is 4.79 Å². The van der Waals surface area contributed by atoms with E-state index in [9.17, 15) is 4.79 Å². The number of carbonyl (C=O) groups is 1. The van der Waals surface area contributed by atoms with Crippen LogP contribution in [0.5, 0.6) is 0 Å². The molecule has 4 aromatic rings. The van der Waals surface area contributed by atoms with Crippen LogP contribution < -0.4 is 4.90 Å². The average molecular weight is 489 g/mol. The molecule has 2 aromatic heterocycles. The van der Waals surface area contributed by atoms with Crippen LogP contribution in [0.1, 0.15) is 41.2 Å². The number of fused-ring (bicyclic) bond motifs is 2. The number of anilines is 1. The summed E-state index contributed by atoms with van der Waals surface area (Å²) in [5.41, 5.74) is 3.54. The highest BCUT2D eigenvalue weighted by Gasteiger charge is 2.36. The molecule has 0 N–H and O–H groups in total. The van der Waals surface area contributed by atoms with Gasteiger partial charge in [0, 0.05) is 22.5 Å². The fourth-order valence-corrected chi connectivity index (χ4v) is 7.33. The summed E-state index contributed by atoms with van der Waals surface area (Å²) in [5.74, 6) is 0.246. The first-order valence-electron chi connectivity index (χ1n) is 11.9. The highest BCUT2D eigenvalue weighted by atomic mass is 32.1. The maximum Gasteiger partial charge on any atom is 0.186 e. The standard InChI is InChI=1S/C28H28N2O2S2/c1-28(2)15-22-26(23(31)16-28)34-27(29-22)30-10-11-32-17-21(30)13-18-6-5-8-19(12-18)25-14-20-7-3-4-9-24(20)33-25/h3-9,12,14,21H,10-11,13,15-17H2,1-2H3/t21-/m0/s1. The molecule has 4 nitrogen and oxygen atoms in total. The van der Waals surface area contributed by atoms with Crippen molar-refractivity contribution in [3.63, 3.8) is 0 Å². The molecule has 1 fully saturated rings. The van der Waals surface area contributed by atoms with Gasteiger partial charge in [0.15, 0.2) is 10.9 Å². The third kappa shape index (κ3) is 4.19. The fraction of sp³-hybridized carbons (Fsp3) is 0.357. The van der Waals surface area contributed by atoms with Crippen molar-refractivity contribution in [2.24, 2.45) is 5.41 Å². The number of rotatable bonds is 4. The lowest BCUT2D eigenvalue weighted by Gasteiger charge is -2.35. The monoisotopic (exact) mass is 488 g/mol. The van der Waals surface area contributed by atoms with Crippen LogP contribution in [0.15, 0.2) is 54.6 Å². The van der Waals surface area contributed by atoms with Crippen LogP contribution in [0.2, 0.25) is 0 Å². The minimum Gasteiger partial charge on any atom is -0.377 e. The van der Waals surface area contributed by atoms with Gasteiger partial charge in [0.2, 0.25) is 0 Å². The Labute approximate surface area is 208 Å². The van der Waals surface area contributed by atoms with Crippen LogP contribution in [0, 0.1) is 5.41 Å². The number of nitrogens with zero attached hydrogens (tertiary/aromatic N) is 2. The Hall–Kier alpha value is -2.54. The molecule has 0 spiro atoms. The molecule has 1 atom stereocenters. The number of Topliss-reactive ketones (excluding diaryl/α,β-unsaturated/α-hetero) is 1. The molecule has 6 heteroatoms. The second-order valence-corrected chi connectivity index (χ2v) is 12.2. The van der Waals surface area contributed by atoms with E-state index in [0.717, 1.165) is 35.1 Å². The maximum atomic E-state index is 12.7. The summed E-state index contributed by atoms with van der Waals surface area (Å²) in [6.45, 7) is 6.51. The number of ether oxygens (including phenoxy) is 1. The van der Waals surface area contributed by atoms with E-state index in [1.807, 2.05) is 11.3 Å². The van der Waals surface area contributed by atoms with Crippen molar-refractivity contribution in [1.29, 1.82) is 0 Å². The summed E-state index contributed by atoms with van der Waals surface area (Å²) in [5, 5.41) is 2.27. The molecule has 34 heavy (non-hydrogen) atoms.